The van der Waals surface area contributed by atoms with Crippen LogP contribution in [0.5, 0.6) is 5.75 Å². The molecule has 1 aromatic rings. The molecule has 1 aromatic carbocycles. The molecule has 0 aliphatic carbocycles. The molecule has 4 heteroatoms. The molecular weight excluding hydrogens is 254 g/mol. The van der Waals surface area contributed by atoms with Gasteiger partial charge in [0.05, 0.1) is 6.04 Å². The topological polar surface area (TPSA) is 55.4 Å². The standard InChI is InChI=1S/C16H21NO3/c1-12(18)13-6-8-14(9-7-13)20-11-16(19)15-5-3-2-4-10-17-15/h6-9,15,17H,2-5,10-11H2,1H3. The van der Waals surface area contributed by atoms with E-state index in [1.165, 1.54) is 13.3 Å². The van der Waals surface area contributed by atoms with Gasteiger partial charge in [-0.3, -0.25) is 9.59 Å². The number of ketones is 2. The number of hydrogen-bond acceptors (Lipinski definition) is 4. The Morgan fingerprint density at radius 3 is 2.65 bits per heavy atom. The van der Waals surface area contributed by atoms with Crippen molar-refractivity contribution in [1.29, 1.82) is 0 Å². The van der Waals surface area contributed by atoms with E-state index in [0.29, 0.717) is 11.3 Å². The summed E-state index contributed by atoms with van der Waals surface area (Å²) in [5.41, 5.74) is 0.647. The van der Waals surface area contributed by atoms with Crippen LogP contribution in [0, 0.1) is 0 Å². The fourth-order valence-electron chi connectivity index (χ4n) is 2.34. The molecule has 4 nitrogen and oxygen atoms in total. The number of carbonyl (C=O) groups is 2. The van der Waals surface area contributed by atoms with Gasteiger partial charge in [0.15, 0.2) is 11.6 Å². The van der Waals surface area contributed by atoms with Crippen LogP contribution in [0.2, 0.25) is 0 Å². The van der Waals surface area contributed by atoms with Gasteiger partial charge in [-0.25, -0.2) is 0 Å². The van der Waals surface area contributed by atoms with Crippen molar-refractivity contribution in [2.75, 3.05) is 13.2 Å². The summed E-state index contributed by atoms with van der Waals surface area (Å²) in [6.45, 7) is 2.51. The van der Waals surface area contributed by atoms with Crippen LogP contribution in [0.4, 0.5) is 0 Å². The van der Waals surface area contributed by atoms with Crippen molar-refractivity contribution in [1.82, 2.24) is 5.32 Å². The zero-order valence-corrected chi connectivity index (χ0v) is 11.9. The minimum atomic E-state index is -0.0750. The summed E-state index contributed by atoms with van der Waals surface area (Å²) in [5.74, 6) is 0.745. The summed E-state index contributed by atoms with van der Waals surface area (Å²) in [7, 11) is 0. The first-order valence-electron chi connectivity index (χ1n) is 7.17. The first-order chi connectivity index (χ1) is 9.66. The van der Waals surface area contributed by atoms with Gasteiger partial charge in [-0.1, -0.05) is 12.8 Å². The Morgan fingerprint density at radius 1 is 1.20 bits per heavy atom. The largest absolute Gasteiger partial charge is 0.486 e. The Bertz CT molecular complexity index is 459. The lowest BCUT2D eigenvalue weighted by atomic mass is 10.1. The van der Waals surface area contributed by atoms with Crippen molar-refractivity contribution in [3.63, 3.8) is 0 Å². The van der Waals surface area contributed by atoms with Crippen molar-refractivity contribution in [3.8, 4) is 5.75 Å². The average Bonchev–Trinajstić information content (AvgIpc) is 2.74. The lowest BCUT2D eigenvalue weighted by Gasteiger charge is -2.14. The Balaban J connectivity index is 1.84. The van der Waals surface area contributed by atoms with E-state index in [0.717, 1.165) is 25.8 Å². The predicted octanol–water partition coefficient (Wildman–Crippen LogP) is 2.37. The lowest BCUT2D eigenvalue weighted by Crippen LogP contribution is -2.38. The van der Waals surface area contributed by atoms with Crippen LogP contribution >= 0.6 is 0 Å². The van der Waals surface area contributed by atoms with E-state index in [1.54, 1.807) is 24.3 Å². The minimum absolute atomic E-state index is 0.0234. The molecule has 1 fully saturated rings. The minimum Gasteiger partial charge on any atom is -0.486 e. The fourth-order valence-corrected chi connectivity index (χ4v) is 2.34. The Morgan fingerprint density at radius 2 is 1.95 bits per heavy atom. The summed E-state index contributed by atoms with van der Waals surface area (Å²) in [4.78, 5) is 23.2. The fraction of sp³-hybridized carbons (Fsp3) is 0.500. The van der Waals surface area contributed by atoms with Crippen LogP contribution in [-0.2, 0) is 4.79 Å². The third-order valence-electron chi connectivity index (χ3n) is 3.59. The zero-order valence-electron chi connectivity index (χ0n) is 11.9. The number of carbonyl (C=O) groups excluding carboxylic acids is 2. The SMILES string of the molecule is CC(=O)c1ccc(OCC(=O)C2CCCCCN2)cc1. The molecule has 0 bridgehead atoms. The highest BCUT2D eigenvalue weighted by Crippen LogP contribution is 2.14. The van der Waals surface area contributed by atoms with Crippen molar-refractivity contribution >= 4 is 11.6 Å². The van der Waals surface area contributed by atoms with Gasteiger partial charge < -0.3 is 10.1 Å². The van der Waals surface area contributed by atoms with Crippen LogP contribution in [0.3, 0.4) is 0 Å². The van der Waals surface area contributed by atoms with Crippen molar-refractivity contribution in [2.24, 2.45) is 0 Å². The lowest BCUT2D eigenvalue weighted by molar-refractivity contribution is -0.123. The molecule has 1 N–H and O–H groups in total. The van der Waals surface area contributed by atoms with Crippen LogP contribution in [0.25, 0.3) is 0 Å². The Hall–Kier alpha value is -1.68. The van der Waals surface area contributed by atoms with E-state index >= 15 is 0 Å². The third kappa shape index (κ3) is 4.17. The molecule has 1 unspecified atom stereocenters. The first kappa shape index (κ1) is 14.7. The molecule has 1 aliphatic rings. The molecule has 0 radical (unpaired) electrons. The average molecular weight is 275 g/mol. The van der Waals surface area contributed by atoms with Gasteiger partial charge >= 0.3 is 0 Å². The summed E-state index contributed by atoms with van der Waals surface area (Å²) in [6, 6.07) is 6.81. The van der Waals surface area contributed by atoms with Gasteiger partial charge in [0.1, 0.15) is 12.4 Å². The molecule has 0 amide bonds. The van der Waals surface area contributed by atoms with E-state index < -0.39 is 0 Å². The summed E-state index contributed by atoms with van der Waals surface area (Å²) in [5, 5.41) is 3.27. The molecule has 2 rings (SSSR count). The van der Waals surface area contributed by atoms with Crippen molar-refractivity contribution < 1.29 is 14.3 Å². The summed E-state index contributed by atoms with van der Waals surface area (Å²) in [6.07, 6.45) is 4.31. The number of benzene rings is 1. The maximum Gasteiger partial charge on any atom is 0.186 e. The summed E-state index contributed by atoms with van der Waals surface area (Å²) < 4.78 is 5.50. The molecule has 108 valence electrons. The highest BCUT2D eigenvalue weighted by molar-refractivity contribution is 5.94. The highest BCUT2D eigenvalue weighted by Gasteiger charge is 2.19. The molecule has 1 saturated heterocycles. The maximum absolute atomic E-state index is 12.1. The van der Waals surface area contributed by atoms with E-state index in [9.17, 15) is 9.59 Å². The van der Waals surface area contributed by atoms with Gasteiger partial charge in [0.25, 0.3) is 0 Å². The number of Topliss-reactive ketones (excluding diaryl/α,β-unsaturated/α-hetero) is 2. The van der Waals surface area contributed by atoms with E-state index in [4.69, 9.17) is 4.74 Å². The van der Waals surface area contributed by atoms with Gasteiger partial charge in [-0.05, 0) is 50.6 Å². The third-order valence-corrected chi connectivity index (χ3v) is 3.59. The van der Waals surface area contributed by atoms with Crippen LogP contribution < -0.4 is 10.1 Å². The Kier molecular flexibility index (Phi) is 5.30. The number of nitrogens with one attached hydrogen (secondary N) is 1. The zero-order chi connectivity index (χ0) is 14.4. The van der Waals surface area contributed by atoms with Crippen molar-refractivity contribution in [2.45, 2.75) is 38.6 Å². The quantitative estimate of drug-likeness (QED) is 0.838. The number of ether oxygens (including phenoxy) is 1. The second-order valence-electron chi connectivity index (χ2n) is 5.19. The highest BCUT2D eigenvalue weighted by atomic mass is 16.5. The Labute approximate surface area is 119 Å². The van der Waals surface area contributed by atoms with Crippen LogP contribution in [0.15, 0.2) is 24.3 Å². The van der Waals surface area contributed by atoms with Gasteiger partial charge in [0, 0.05) is 5.56 Å². The van der Waals surface area contributed by atoms with Crippen LogP contribution in [0.1, 0.15) is 43.0 Å². The second-order valence-corrected chi connectivity index (χ2v) is 5.19. The first-order valence-corrected chi connectivity index (χ1v) is 7.17. The van der Waals surface area contributed by atoms with E-state index in [1.807, 2.05) is 0 Å². The number of hydrogen-bond donors (Lipinski definition) is 1. The van der Waals surface area contributed by atoms with Gasteiger partial charge in [-0.2, -0.15) is 0 Å². The molecule has 1 heterocycles. The van der Waals surface area contributed by atoms with Crippen LogP contribution in [-0.4, -0.2) is 30.8 Å². The van der Waals surface area contributed by atoms with Gasteiger partial charge in [0.2, 0.25) is 0 Å². The van der Waals surface area contributed by atoms with E-state index in [2.05, 4.69) is 5.32 Å². The monoisotopic (exact) mass is 275 g/mol. The molecular formula is C16H21NO3. The summed E-state index contributed by atoms with van der Waals surface area (Å²) >= 11 is 0. The molecule has 1 aliphatic heterocycles. The second kappa shape index (κ2) is 7.20. The number of rotatable bonds is 5. The molecule has 0 aromatic heterocycles. The molecule has 1 atom stereocenters. The maximum atomic E-state index is 12.1. The smallest absolute Gasteiger partial charge is 0.186 e. The molecule has 20 heavy (non-hydrogen) atoms. The normalized spacial score (nSPS) is 19.1. The molecule has 0 saturated carbocycles. The van der Waals surface area contributed by atoms with E-state index in [-0.39, 0.29) is 24.2 Å². The predicted molar refractivity (Wildman–Crippen MR) is 77.2 cm³/mol. The van der Waals surface area contributed by atoms with Gasteiger partial charge in [-0.15, -0.1) is 0 Å². The molecule has 0 spiro atoms. The van der Waals surface area contributed by atoms with Crippen molar-refractivity contribution in [3.05, 3.63) is 29.8 Å².